The first-order valence-electron chi connectivity index (χ1n) is 7.64. The molecule has 0 aromatic heterocycles. The summed E-state index contributed by atoms with van der Waals surface area (Å²) in [5, 5.41) is 10.2. The molecule has 0 bridgehead atoms. The molecule has 1 saturated heterocycles. The van der Waals surface area contributed by atoms with Gasteiger partial charge in [-0.15, -0.1) is 0 Å². The lowest BCUT2D eigenvalue weighted by Gasteiger charge is -2.24. The quantitative estimate of drug-likeness (QED) is 0.823. The molecule has 1 atom stereocenters. The van der Waals surface area contributed by atoms with Gasteiger partial charge in [-0.3, -0.25) is 14.6 Å². The number of aliphatic hydroxyl groups is 1. The molecule has 0 radical (unpaired) electrons. The molecular formula is C16H22F2N2O3. The van der Waals surface area contributed by atoms with Crippen molar-refractivity contribution in [3.8, 4) is 0 Å². The van der Waals surface area contributed by atoms with Crippen molar-refractivity contribution in [3.63, 3.8) is 0 Å². The molecule has 0 saturated carbocycles. The van der Waals surface area contributed by atoms with Crippen molar-refractivity contribution in [1.82, 2.24) is 9.80 Å². The Kier molecular flexibility index (Phi) is 6.44. The van der Waals surface area contributed by atoms with Crippen molar-refractivity contribution in [2.45, 2.75) is 12.5 Å². The Labute approximate surface area is 134 Å². The summed E-state index contributed by atoms with van der Waals surface area (Å²) in [7, 11) is 1.37. The number of benzene rings is 1. The number of ether oxygens (including phenoxy) is 1. The van der Waals surface area contributed by atoms with Gasteiger partial charge < -0.3 is 9.84 Å². The van der Waals surface area contributed by atoms with E-state index in [4.69, 9.17) is 0 Å². The SMILES string of the molecule is COC(=O)CN1CCCN(CC(O)c2ccc(F)c(F)c2)CC1. The first kappa shape index (κ1) is 17.8. The number of rotatable bonds is 5. The summed E-state index contributed by atoms with van der Waals surface area (Å²) in [5.74, 6) is -2.14. The zero-order chi connectivity index (χ0) is 16.8. The van der Waals surface area contributed by atoms with Gasteiger partial charge in [-0.1, -0.05) is 6.07 Å². The van der Waals surface area contributed by atoms with Crippen LogP contribution in [0.25, 0.3) is 0 Å². The number of hydrogen-bond donors (Lipinski definition) is 1. The molecule has 5 nitrogen and oxygen atoms in total. The Morgan fingerprint density at radius 3 is 2.61 bits per heavy atom. The van der Waals surface area contributed by atoms with Gasteiger partial charge in [0.15, 0.2) is 11.6 Å². The van der Waals surface area contributed by atoms with Crippen LogP contribution in [0.2, 0.25) is 0 Å². The smallest absolute Gasteiger partial charge is 0.319 e. The lowest BCUT2D eigenvalue weighted by molar-refractivity contribution is -0.141. The summed E-state index contributed by atoms with van der Waals surface area (Å²) in [6.45, 7) is 3.55. The predicted molar refractivity (Wildman–Crippen MR) is 80.8 cm³/mol. The number of carbonyl (C=O) groups is 1. The maximum Gasteiger partial charge on any atom is 0.319 e. The molecule has 2 rings (SSSR count). The second-order valence-electron chi connectivity index (χ2n) is 5.70. The van der Waals surface area contributed by atoms with E-state index in [1.807, 2.05) is 4.90 Å². The summed E-state index contributed by atoms with van der Waals surface area (Å²) in [5.41, 5.74) is 0.361. The summed E-state index contributed by atoms with van der Waals surface area (Å²) in [6, 6.07) is 3.44. The number of halogens is 2. The van der Waals surface area contributed by atoms with E-state index in [0.29, 0.717) is 25.2 Å². The number of aliphatic hydroxyl groups excluding tert-OH is 1. The van der Waals surface area contributed by atoms with Gasteiger partial charge in [-0.2, -0.15) is 0 Å². The van der Waals surface area contributed by atoms with E-state index in [0.717, 1.165) is 31.6 Å². The lowest BCUT2D eigenvalue weighted by atomic mass is 10.1. The maximum atomic E-state index is 13.2. The van der Waals surface area contributed by atoms with Crippen molar-refractivity contribution in [1.29, 1.82) is 0 Å². The van der Waals surface area contributed by atoms with Crippen LogP contribution in [-0.4, -0.2) is 67.3 Å². The topological polar surface area (TPSA) is 53.0 Å². The van der Waals surface area contributed by atoms with Gasteiger partial charge >= 0.3 is 5.97 Å². The molecule has 1 heterocycles. The molecule has 1 unspecified atom stereocenters. The van der Waals surface area contributed by atoms with Crippen molar-refractivity contribution >= 4 is 5.97 Å². The molecule has 1 aromatic rings. The van der Waals surface area contributed by atoms with Crippen LogP contribution < -0.4 is 0 Å². The first-order valence-corrected chi connectivity index (χ1v) is 7.64. The van der Waals surface area contributed by atoms with E-state index in [1.165, 1.54) is 13.2 Å². The molecule has 1 N–H and O–H groups in total. The standard InChI is InChI=1S/C16H22F2N2O3/c1-23-16(22)11-20-6-2-5-19(7-8-20)10-15(21)12-3-4-13(17)14(18)9-12/h3-4,9,15,21H,2,5-8,10-11H2,1H3. The largest absolute Gasteiger partial charge is 0.468 e. The van der Waals surface area contributed by atoms with E-state index in [-0.39, 0.29) is 12.5 Å². The minimum absolute atomic E-state index is 0.260. The average Bonchev–Trinajstić information content (AvgIpc) is 2.75. The number of nitrogens with zero attached hydrogens (tertiary/aromatic N) is 2. The summed E-state index contributed by atoms with van der Waals surface area (Å²) >= 11 is 0. The molecule has 1 aromatic carbocycles. The minimum Gasteiger partial charge on any atom is -0.468 e. The van der Waals surface area contributed by atoms with Crippen LogP contribution in [0.5, 0.6) is 0 Å². The van der Waals surface area contributed by atoms with Gasteiger partial charge in [0, 0.05) is 26.2 Å². The fourth-order valence-electron chi connectivity index (χ4n) is 2.68. The fourth-order valence-corrected chi connectivity index (χ4v) is 2.68. The Morgan fingerprint density at radius 2 is 1.91 bits per heavy atom. The number of methoxy groups -OCH3 is 1. The van der Waals surface area contributed by atoms with Gasteiger partial charge in [-0.05, 0) is 30.7 Å². The summed E-state index contributed by atoms with van der Waals surface area (Å²) in [6.07, 6.45) is -0.0149. The van der Waals surface area contributed by atoms with Gasteiger partial charge in [0.05, 0.1) is 19.8 Å². The van der Waals surface area contributed by atoms with Crippen molar-refractivity contribution in [2.75, 3.05) is 46.4 Å². The molecule has 1 fully saturated rings. The zero-order valence-corrected chi connectivity index (χ0v) is 13.2. The third-order valence-electron chi connectivity index (χ3n) is 4.02. The molecule has 0 aliphatic carbocycles. The van der Waals surface area contributed by atoms with E-state index < -0.39 is 17.7 Å². The minimum atomic E-state index is -0.957. The van der Waals surface area contributed by atoms with Crippen molar-refractivity contribution in [2.24, 2.45) is 0 Å². The molecule has 7 heteroatoms. The van der Waals surface area contributed by atoms with Crippen molar-refractivity contribution < 1.29 is 23.4 Å². The Morgan fingerprint density at radius 1 is 1.22 bits per heavy atom. The second kappa shape index (κ2) is 8.33. The van der Waals surface area contributed by atoms with Gasteiger partial charge in [0.25, 0.3) is 0 Å². The molecule has 23 heavy (non-hydrogen) atoms. The van der Waals surface area contributed by atoms with Gasteiger partial charge in [0.2, 0.25) is 0 Å². The summed E-state index contributed by atoms with van der Waals surface area (Å²) in [4.78, 5) is 15.4. The van der Waals surface area contributed by atoms with E-state index in [1.54, 1.807) is 0 Å². The van der Waals surface area contributed by atoms with Gasteiger partial charge in [-0.25, -0.2) is 8.78 Å². The number of β-amino-alcohol motifs (C(OH)–C–C–N with tert-alkyl or cyclic N) is 1. The van der Waals surface area contributed by atoms with Crippen LogP contribution in [0.3, 0.4) is 0 Å². The van der Waals surface area contributed by atoms with Crippen LogP contribution in [-0.2, 0) is 9.53 Å². The Bertz CT molecular complexity index is 542. The highest BCUT2D eigenvalue weighted by molar-refractivity contribution is 5.71. The number of carbonyl (C=O) groups excluding carboxylic acids is 1. The van der Waals surface area contributed by atoms with Crippen LogP contribution in [0.1, 0.15) is 18.1 Å². The van der Waals surface area contributed by atoms with Crippen LogP contribution in [0.15, 0.2) is 18.2 Å². The molecular weight excluding hydrogens is 306 g/mol. The number of hydrogen-bond acceptors (Lipinski definition) is 5. The lowest BCUT2D eigenvalue weighted by Crippen LogP contribution is -2.35. The molecule has 1 aliphatic rings. The Balaban J connectivity index is 1.87. The zero-order valence-electron chi connectivity index (χ0n) is 13.2. The molecule has 0 spiro atoms. The maximum absolute atomic E-state index is 13.2. The van der Waals surface area contributed by atoms with Gasteiger partial charge in [0.1, 0.15) is 0 Å². The normalized spacial score (nSPS) is 18.4. The van der Waals surface area contributed by atoms with E-state index in [2.05, 4.69) is 9.64 Å². The van der Waals surface area contributed by atoms with Crippen LogP contribution in [0, 0.1) is 11.6 Å². The average molecular weight is 328 g/mol. The van der Waals surface area contributed by atoms with Crippen molar-refractivity contribution in [3.05, 3.63) is 35.4 Å². The number of esters is 1. The highest BCUT2D eigenvalue weighted by Crippen LogP contribution is 2.18. The molecule has 0 amide bonds. The highest BCUT2D eigenvalue weighted by atomic mass is 19.2. The summed E-state index contributed by atoms with van der Waals surface area (Å²) < 4.78 is 30.8. The third-order valence-corrected chi connectivity index (χ3v) is 4.02. The van der Waals surface area contributed by atoms with Crippen LogP contribution in [0.4, 0.5) is 8.78 Å². The first-order chi connectivity index (χ1) is 11.0. The van der Waals surface area contributed by atoms with E-state index >= 15 is 0 Å². The van der Waals surface area contributed by atoms with E-state index in [9.17, 15) is 18.7 Å². The fraction of sp³-hybridized carbons (Fsp3) is 0.562. The highest BCUT2D eigenvalue weighted by Gasteiger charge is 2.20. The third kappa shape index (κ3) is 5.23. The Hall–Kier alpha value is -1.57. The monoisotopic (exact) mass is 328 g/mol. The molecule has 128 valence electrons. The second-order valence-corrected chi connectivity index (χ2v) is 5.70. The predicted octanol–water partition coefficient (Wildman–Crippen LogP) is 1.18. The van der Waals surface area contributed by atoms with Crippen LogP contribution >= 0.6 is 0 Å². The molecule has 1 aliphatic heterocycles.